The fraction of sp³-hybridized carbons (Fsp3) is 0.417. The van der Waals surface area contributed by atoms with Gasteiger partial charge in [0.2, 0.25) is 5.91 Å². The van der Waals surface area contributed by atoms with E-state index in [0.29, 0.717) is 6.54 Å². The number of amides is 1. The quantitative estimate of drug-likeness (QED) is 0.884. The summed E-state index contributed by atoms with van der Waals surface area (Å²) < 4.78 is 4.32. The maximum atomic E-state index is 11.6. The van der Waals surface area contributed by atoms with Crippen molar-refractivity contribution in [1.82, 2.24) is 24.5 Å². The molecule has 0 radical (unpaired) electrons. The van der Waals surface area contributed by atoms with Crippen molar-refractivity contribution in [1.29, 1.82) is 0 Å². The van der Waals surface area contributed by atoms with Crippen molar-refractivity contribution in [2.24, 2.45) is 7.05 Å². The third kappa shape index (κ3) is 3.60. The zero-order valence-corrected chi connectivity index (χ0v) is 13.3. The predicted octanol–water partition coefficient (Wildman–Crippen LogP) is 1.08. The Morgan fingerprint density at radius 3 is 2.80 bits per heavy atom. The molecule has 2 heterocycles. The number of carbonyl (C=O) groups is 1. The minimum atomic E-state index is 0.00659. The van der Waals surface area contributed by atoms with Crippen LogP contribution in [0.3, 0.4) is 0 Å². The van der Waals surface area contributed by atoms with Crippen LogP contribution < -0.4 is 5.32 Å². The Labute approximate surface area is 125 Å². The van der Waals surface area contributed by atoms with E-state index in [9.17, 15) is 4.79 Å². The molecule has 0 aliphatic heterocycles. The number of hydrogen-bond acceptors (Lipinski definition) is 4. The Morgan fingerprint density at radius 1 is 1.45 bits per heavy atom. The van der Waals surface area contributed by atoms with Gasteiger partial charge in [-0.1, -0.05) is 0 Å². The van der Waals surface area contributed by atoms with Crippen molar-refractivity contribution in [2.45, 2.75) is 13.1 Å². The van der Waals surface area contributed by atoms with Crippen molar-refractivity contribution in [3.8, 4) is 0 Å². The standard InChI is InChI=1S/C12H17BrN6O/c1-17(2)12(20)8-19-6-9(4-15-19)14-5-11-10(13)7-18(3)16-11/h4,6-7,14H,5,8H2,1-3H3. The zero-order valence-electron chi connectivity index (χ0n) is 11.7. The molecule has 2 aromatic heterocycles. The molecule has 0 saturated carbocycles. The Balaban J connectivity index is 1.93. The van der Waals surface area contributed by atoms with Crippen LogP contribution in [0.15, 0.2) is 23.1 Å². The molecule has 0 aromatic carbocycles. The van der Waals surface area contributed by atoms with E-state index >= 15 is 0 Å². The van der Waals surface area contributed by atoms with Crippen LogP contribution >= 0.6 is 15.9 Å². The van der Waals surface area contributed by atoms with Crippen LogP contribution in [-0.2, 0) is 24.9 Å². The number of nitrogens with one attached hydrogen (secondary N) is 1. The fourth-order valence-corrected chi connectivity index (χ4v) is 2.15. The van der Waals surface area contributed by atoms with Crippen LogP contribution in [0.4, 0.5) is 5.69 Å². The normalized spacial score (nSPS) is 10.6. The van der Waals surface area contributed by atoms with E-state index in [-0.39, 0.29) is 12.5 Å². The van der Waals surface area contributed by atoms with E-state index in [0.717, 1.165) is 15.9 Å². The molecule has 7 nitrogen and oxygen atoms in total. The predicted molar refractivity (Wildman–Crippen MR) is 79.2 cm³/mol. The summed E-state index contributed by atoms with van der Waals surface area (Å²) in [6, 6.07) is 0. The molecule has 0 bridgehead atoms. The first kappa shape index (κ1) is 14.6. The van der Waals surface area contributed by atoms with Gasteiger partial charge in [0.15, 0.2) is 0 Å². The fourth-order valence-electron chi connectivity index (χ4n) is 1.63. The summed E-state index contributed by atoms with van der Waals surface area (Å²) in [5.41, 5.74) is 1.78. The molecule has 0 spiro atoms. The first-order valence-corrected chi connectivity index (χ1v) is 6.89. The van der Waals surface area contributed by atoms with Crippen LogP contribution in [0, 0.1) is 0 Å². The maximum absolute atomic E-state index is 11.6. The largest absolute Gasteiger partial charge is 0.377 e. The summed E-state index contributed by atoms with van der Waals surface area (Å²) in [5.74, 6) is 0.00659. The molecule has 1 N–H and O–H groups in total. The number of likely N-dealkylation sites (N-methyl/N-ethyl adjacent to an activating group) is 1. The summed E-state index contributed by atoms with van der Waals surface area (Å²) >= 11 is 3.45. The number of hydrogen-bond donors (Lipinski definition) is 1. The summed E-state index contributed by atoms with van der Waals surface area (Å²) in [6.07, 6.45) is 5.40. The lowest BCUT2D eigenvalue weighted by Crippen LogP contribution is -2.26. The van der Waals surface area contributed by atoms with Gasteiger partial charge in [0.1, 0.15) is 6.54 Å². The molecule has 0 unspecified atom stereocenters. The number of aryl methyl sites for hydroxylation is 1. The van der Waals surface area contributed by atoms with E-state index in [1.54, 1.807) is 40.8 Å². The lowest BCUT2D eigenvalue weighted by Gasteiger charge is -2.09. The Hall–Kier alpha value is -1.83. The Bertz CT molecular complexity index is 603. The van der Waals surface area contributed by atoms with Gasteiger partial charge in [-0.15, -0.1) is 0 Å². The molecular weight excluding hydrogens is 324 g/mol. The van der Waals surface area contributed by atoms with Gasteiger partial charge in [0.25, 0.3) is 0 Å². The number of nitrogens with zero attached hydrogens (tertiary/aromatic N) is 5. The summed E-state index contributed by atoms with van der Waals surface area (Å²) in [7, 11) is 5.33. The molecule has 108 valence electrons. The number of anilines is 1. The van der Waals surface area contributed by atoms with E-state index < -0.39 is 0 Å². The van der Waals surface area contributed by atoms with Gasteiger partial charge in [-0.2, -0.15) is 10.2 Å². The minimum absolute atomic E-state index is 0.00659. The zero-order chi connectivity index (χ0) is 14.7. The summed E-state index contributed by atoms with van der Waals surface area (Å²) in [6.45, 7) is 0.830. The van der Waals surface area contributed by atoms with Gasteiger partial charge in [-0.05, 0) is 15.9 Å². The van der Waals surface area contributed by atoms with Crippen LogP contribution in [0.2, 0.25) is 0 Å². The molecule has 20 heavy (non-hydrogen) atoms. The van der Waals surface area contributed by atoms with Crippen molar-refractivity contribution in [3.63, 3.8) is 0 Å². The smallest absolute Gasteiger partial charge is 0.243 e. The second-order valence-corrected chi connectivity index (χ2v) is 5.52. The average molecular weight is 341 g/mol. The Kier molecular flexibility index (Phi) is 4.43. The molecule has 0 fully saturated rings. The summed E-state index contributed by atoms with van der Waals surface area (Å²) in [4.78, 5) is 13.1. The van der Waals surface area contributed by atoms with E-state index in [1.165, 1.54) is 0 Å². The first-order chi connectivity index (χ1) is 9.45. The van der Waals surface area contributed by atoms with Crippen LogP contribution in [-0.4, -0.2) is 44.5 Å². The van der Waals surface area contributed by atoms with Gasteiger partial charge in [-0.25, -0.2) is 0 Å². The van der Waals surface area contributed by atoms with Crippen molar-refractivity contribution in [2.75, 3.05) is 19.4 Å². The maximum Gasteiger partial charge on any atom is 0.243 e. The van der Waals surface area contributed by atoms with Gasteiger partial charge >= 0.3 is 0 Å². The summed E-state index contributed by atoms with van der Waals surface area (Å²) in [5, 5.41) is 11.7. The molecule has 0 saturated heterocycles. The van der Waals surface area contributed by atoms with E-state index in [1.807, 2.05) is 13.2 Å². The minimum Gasteiger partial charge on any atom is -0.377 e. The van der Waals surface area contributed by atoms with Gasteiger partial charge in [-0.3, -0.25) is 14.2 Å². The molecule has 2 rings (SSSR count). The van der Waals surface area contributed by atoms with Crippen molar-refractivity contribution < 1.29 is 4.79 Å². The topological polar surface area (TPSA) is 68.0 Å². The van der Waals surface area contributed by atoms with Crippen molar-refractivity contribution in [3.05, 3.63) is 28.8 Å². The van der Waals surface area contributed by atoms with Crippen molar-refractivity contribution >= 4 is 27.5 Å². The van der Waals surface area contributed by atoms with Gasteiger partial charge < -0.3 is 10.2 Å². The molecule has 2 aromatic rings. The van der Waals surface area contributed by atoms with Crippen LogP contribution in [0.5, 0.6) is 0 Å². The Morgan fingerprint density at radius 2 is 2.20 bits per heavy atom. The second kappa shape index (κ2) is 6.08. The number of aromatic nitrogens is 4. The highest BCUT2D eigenvalue weighted by Crippen LogP contribution is 2.16. The van der Waals surface area contributed by atoms with Gasteiger partial charge in [0, 0.05) is 33.5 Å². The third-order valence-electron chi connectivity index (χ3n) is 2.74. The monoisotopic (exact) mass is 340 g/mol. The molecule has 8 heteroatoms. The molecule has 0 aliphatic carbocycles. The molecule has 0 aliphatic rings. The highest BCUT2D eigenvalue weighted by molar-refractivity contribution is 9.10. The van der Waals surface area contributed by atoms with Crippen LogP contribution in [0.25, 0.3) is 0 Å². The highest BCUT2D eigenvalue weighted by atomic mass is 79.9. The third-order valence-corrected chi connectivity index (χ3v) is 3.41. The lowest BCUT2D eigenvalue weighted by molar-refractivity contribution is -0.129. The number of carbonyl (C=O) groups excluding carboxylic acids is 1. The highest BCUT2D eigenvalue weighted by Gasteiger charge is 2.08. The van der Waals surface area contributed by atoms with Gasteiger partial charge in [0.05, 0.1) is 28.6 Å². The lowest BCUT2D eigenvalue weighted by atomic mass is 10.4. The first-order valence-electron chi connectivity index (χ1n) is 6.10. The number of rotatable bonds is 5. The number of halogens is 1. The molecule has 1 amide bonds. The molecule has 0 atom stereocenters. The average Bonchev–Trinajstić information content (AvgIpc) is 2.93. The molecular formula is C12H17BrN6O. The van der Waals surface area contributed by atoms with E-state index in [4.69, 9.17) is 0 Å². The van der Waals surface area contributed by atoms with E-state index in [2.05, 4.69) is 31.4 Å². The SMILES string of the molecule is CN(C)C(=O)Cn1cc(NCc2nn(C)cc2Br)cn1. The van der Waals surface area contributed by atoms with Crippen LogP contribution in [0.1, 0.15) is 5.69 Å². The second-order valence-electron chi connectivity index (χ2n) is 4.67.